The van der Waals surface area contributed by atoms with Crippen LogP contribution in [0.2, 0.25) is 0 Å². The van der Waals surface area contributed by atoms with Crippen LogP contribution in [0, 0.1) is 5.92 Å². The summed E-state index contributed by atoms with van der Waals surface area (Å²) in [5, 5.41) is 14.1. The highest BCUT2D eigenvalue weighted by atomic mass is 32.1. The summed E-state index contributed by atoms with van der Waals surface area (Å²) in [6.07, 6.45) is 3.20. The first kappa shape index (κ1) is 12.6. The van der Waals surface area contributed by atoms with E-state index in [-0.39, 0.29) is 12.1 Å². The lowest BCUT2D eigenvalue weighted by Crippen LogP contribution is -2.34. The van der Waals surface area contributed by atoms with Gasteiger partial charge >= 0.3 is 6.03 Å². The molecule has 0 unspecified atom stereocenters. The Bertz CT molecular complexity index is 478. The van der Waals surface area contributed by atoms with E-state index < -0.39 is 0 Å². The molecule has 0 aliphatic rings. The number of hydrogen-bond acceptors (Lipinski definition) is 3. The van der Waals surface area contributed by atoms with Crippen molar-refractivity contribution in [1.29, 1.82) is 0 Å². The highest BCUT2D eigenvalue weighted by molar-refractivity contribution is 7.10. The smallest absolute Gasteiger partial charge is 0.319 e. The first-order valence-electron chi connectivity index (χ1n) is 5.76. The molecule has 0 fully saturated rings. The summed E-state index contributed by atoms with van der Waals surface area (Å²) < 4.78 is 0. The second-order valence-electron chi connectivity index (χ2n) is 4.32. The standard InChI is InChI=1S/C12H16N4OS/c1-8(2)11(10-4-3-5-18-10)16-12(17)15-9-6-13-14-7-9/h3-8,11H,1-2H3,(H,13,14)(H2,15,16,17)/t11-/m0/s1. The molecule has 5 nitrogen and oxygen atoms in total. The Labute approximate surface area is 110 Å². The Morgan fingerprint density at radius 2 is 2.33 bits per heavy atom. The highest BCUT2D eigenvalue weighted by Crippen LogP contribution is 2.25. The number of anilines is 1. The first-order chi connectivity index (χ1) is 8.66. The number of carbonyl (C=O) groups is 1. The summed E-state index contributed by atoms with van der Waals surface area (Å²) in [4.78, 5) is 13.0. The van der Waals surface area contributed by atoms with Gasteiger partial charge in [-0.05, 0) is 17.4 Å². The fourth-order valence-electron chi connectivity index (χ4n) is 1.66. The molecule has 2 aromatic rings. The molecule has 0 aromatic carbocycles. The van der Waals surface area contributed by atoms with Crippen LogP contribution in [-0.2, 0) is 0 Å². The van der Waals surface area contributed by atoms with E-state index in [0.717, 1.165) is 4.88 Å². The Balaban J connectivity index is 1.99. The van der Waals surface area contributed by atoms with Crippen LogP contribution in [0.3, 0.4) is 0 Å². The van der Waals surface area contributed by atoms with E-state index in [1.54, 1.807) is 23.7 Å². The average Bonchev–Trinajstić information content (AvgIpc) is 2.97. The third-order valence-corrected chi connectivity index (χ3v) is 3.51. The number of carbonyl (C=O) groups excluding carboxylic acids is 1. The zero-order chi connectivity index (χ0) is 13.0. The molecule has 2 rings (SSSR count). The molecule has 96 valence electrons. The molecule has 0 aliphatic heterocycles. The van der Waals surface area contributed by atoms with Gasteiger partial charge in [0, 0.05) is 11.1 Å². The van der Waals surface area contributed by atoms with E-state index in [1.807, 2.05) is 17.5 Å². The van der Waals surface area contributed by atoms with Gasteiger partial charge in [0.1, 0.15) is 0 Å². The van der Waals surface area contributed by atoms with E-state index in [0.29, 0.717) is 11.6 Å². The van der Waals surface area contributed by atoms with Crippen molar-refractivity contribution in [3.05, 3.63) is 34.8 Å². The molecule has 0 aliphatic carbocycles. The van der Waals surface area contributed by atoms with Crippen molar-refractivity contribution in [1.82, 2.24) is 15.5 Å². The number of rotatable bonds is 4. The molecule has 0 radical (unpaired) electrons. The van der Waals surface area contributed by atoms with Crippen LogP contribution in [0.5, 0.6) is 0 Å². The van der Waals surface area contributed by atoms with E-state index in [2.05, 4.69) is 34.7 Å². The molecule has 3 N–H and O–H groups in total. The molecule has 2 heterocycles. The Hall–Kier alpha value is -1.82. The van der Waals surface area contributed by atoms with Crippen molar-refractivity contribution in [2.45, 2.75) is 19.9 Å². The predicted molar refractivity (Wildman–Crippen MR) is 72.6 cm³/mol. The number of urea groups is 1. The fraction of sp³-hybridized carbons (Fsp3) is 0.333. The van der Waals surface area contributed by atoms with Crippen molar-refractivity contribution < 1.29 is 4.79 Å². The number of aromatic amines is 1. The van der Waals surface area contributed by atoms with Crippen molar-refractivity contribution in [3.8, 4) is 0 Å². The SMILES string of the molecule is CC(C)[C@H](NC(=O)Nc1cn[nH]c1)c1cccs1. The summed E-state index contributed by atoms with van der Waals surface area (Å²) in [7, 11) is 0. The maximum Gasteiger partial charge on any atom is 0.319 e. The van der Waals surface area contributed by atoms with Gasteiger partial charge in [0.05, 0.1) is 17.9 Å². The zero-order valence-corrected chi connectivity index (χ0v) is 11.1. The van der Waals surface area contributed by atoms with Gasteiger partial charge in [-0.1, -0.05) is 19.9 Å². The second kappa shape index (κ2) is 5.68. The van der Waals surface area contributed by atoms with Gasteiger partial charge in [-0.2, -0.15) is 5.10 Å². The normalized spacial score (nSPS) is 12.4. The molecule has 0 saturated carbocycles. The number of nitrogens with one attached hydrogen (secondary N) is 3. The maximum absolute atomic E-state index is 11.9. The number of aromatic nitrogens is 2. The lowest BCUT2D eigenvalue weighted by atomic mass is 10.0. The van der Waals surface area contributed by atoms with Crippen molar-refractivity contribution in [2.75, 3.05) is 5.32 Å². The fourth-order valence-corrected chi connectivity index (χ4v) is 2.61. The number of hydrogen-bond donors (Lipinski definition) is 3. The summed E-state index contributed by atoms with van der Waals surface area (Å²) in [5.41, 5.74) is 0.654. The zero-order valence-electron chi connectivity index (χ0n) is 10.3. The van der Waals surface area contributed by atoms with Gasteiger partial charge < -0.3 is 10.6 Å². The molecule has 1 atom stereocenters. The molecular weight excluding hydrogens is 248 g/mol. The molecule has 2 amide bonds. The van der Waals surface area contributed by atoms with E-state index >= 15 is 0 Å². The number of H-pyrrole nitrogens is 1. The molecule has 0 bridgehead atoms. The van der Waals surface area contributed by atoms with Gasteiger partial charge in [0.15, 0.2) is 0 Å². The Kier molecular flexibility index (Phi) is 3.99. The first-order valence-corrected chi connectivity index (χ1v) is 6.64. The molecule has 2 aromatic heterocycles. The molecule has 0 spiro atoms. The van der Waals surface area contributed by atoms with Crippen LogP contribution in [0.25, 0.3) is 0 Å². The summed E-state index contributed by atoms with van der Waals surface area (Å²) in [6, 6.07) is 3.83. The second-order valence-corrected chi connectivity index (χ2v) is 5.30. The predicted octanol–water partition coefficient (Wildman–Crippen LogP) is 2.99. The highest BCUT2D eigenvalue weighted by Gasteiger charge is 2.19. The van der Waals surface area contributed by atoms with Crippen molar-refractivity contribution >= 4 is 23.1 Å². The van der Waals surface area contributed by atoms with Gasteiger partial charge in [0.25, 0.3) is 0 Å². The monoisotopic (exact) mass is 264 g/mol. The number of amides is 2. The number of nitrogens with zero attached hydrogens (tertiary/aromatic N) is 1. The van der Waals surface area contributed by atoms with Crippen molar-refractivity contribution in [2.24, 2.45) is 5.92 Å². The van der Waals surface area contributed by atoms with Gasteiger partial charge in [-0.15, -0.1) is 11.3 Å². The third kappa shape index (κ3) is 3.10. The van der Waals surface area contributed by atoms with Gasteiger partial charge in [0.2, 0.25) is 0 Å². The summed E-state index contributed by atoms with van der Waals surface area (Å²) >= 11 is 1.65. The van der Waals surface area contributed by atoms with E-state index in [4.69, 9.17) is 0 Å². The quantitative estimate of drug-likeness (QED) is 0.794. The van der Waals surface area contributed by atoms with Crippen LogP contribution < -0.4 is 10.6 Å². The van der Waals surface area contributed by atoms with Crippen LogP contribution in [0.1, 0.15) is 24.8 Å². The van der Waals surface area contributed by atoms with Gasteiger partial charge in [-0.25, -0.2) is 4.79 Å². The topological polar surface area (TPSA) is 69.8 Å². The van der Waals surface area contributed by atoms with Gasteiger partial charge in [-0.3, -0.25) is 5.10 Å². The largest absolute Gasteiger partial charge is 0.330 e. The Morgan fingerprint density at radius 1 is 1.50 bits per heavy atom. The van der Waals surface area contributed by atoms with Crippen molar-refractivity contribution in [3.63, 3.8) is 0 Å². The molecular formula is C12H16N4OS. The molecule has 18 heavy (non-hydrogen) atoms. The minimum atomic E-state index is -0.219. The molecule has 6 heteroatoms. The lowest BCUT2D eigenvalue weighted by Gasteiger charge is -2.21. The van der Waals surface area contributed by atoms with E-state index in [1.165, 1.54) is 0 Å². The summed E-state index contributed by atoms with van der Waals surface area (Å²) in [5.74, 6) is 0.332. The minimum Gasteiger partial charge on any atom is -0.330 e. The van der Waals surface area contributed by atoms with Crippen LogP contribution in [-0.4, -0.2) is 16.2 Å². The average molecular weight is 264 g/mol. The van der Waals surface area contributed by atoms with Crippen LogP contribution >= 0.6 is 11.3 Å². The number of thiophene rings is 1. The van der Waals surface area contributed by atoms with E-state index in [9.17, 15) is 4.79 Å². The third-order valence-electron chi connectivity index (χ3n) is 2.56. The van der Waals surface area contributed by atoms with Crippen LogP contribution in [0.4, 0.5) is 10.5 Å². The minimum absolute atomic E-state index is 0.0249. The molecule has 0 saturated heterocycles. The van der Waals surface area contributed by atoms with Crippen LogP contribution in [0.15, 0.2) is 29.9 Å². The summed E-state index contributed by atoms with van der Waals surface area (Å²) in [6.45, 7) is 4.17. The lowest BCUT2D eigenvalue weighted by molar-refractivity contribution is 0.245. The maximum atomic E-state index is 11.9. The Morgan fingerprint density at radius 3 is 2.89 bits per heavy atom.